The van der Waals surface area contributed by atoms with Crippen molar-refractivity contribution in [2.45, 2.75) is 51.9 Å². The molecule has 0 aliphatic carbocycles. The van der Waals surface area contributed by atoms with Gasteiger partial charge in [-0.25, -0.2) is 0 Å². The largest absolute Gasteiger partial charge is 0.103 e. The second-order valence-corrected chi connectivity index (χ2v) is 2.85. The van der Waals surface area contributed by atoms with E-state index in [1.54, 1.807) is 0 Å². The van der Waals surface area contributed by atoms with Crippen LogP contribution in [0.2, 0.25) is 0 Å². The fourth-order valence-electron chi connectivity index (χ4n) is 1.07. The molecule has 0 N–H and O–H groups in total. The third kappa shape index (κ3) is 7.74. The summed E-state index contributed by atoms with van der Waals surface area (Å²) >= 11 is 0. The lowest BCUT2D eigenvalue weighted by Crippen LogP contribution is -1.76. The van der Waals surface area contributed by atoms with Crippen LogP contribution in [0.4, 0.5) is 0 Å². The number of allylic oxidation sites excluding steroid dienone is 1. The van der Waals surface area contributed by atoms with E-state index in [2.05, 4.69) is 13.5 Å². The molecule has 0 atom stereocenters. The van der Waals surface area contributed by atoms with E-state index in [1.165, 1.54) is 44.9 Å². The second kappa shape index (κ2) is 8.74. The van der Waals surface area contributed by atoms with Crippen LogP contribution in [0.25, 0.3) is 0 Å². The van der Waals surface area contributed by atoms with Gasteiger partial charge < -0.3 is 0 Å². The Kier molecular flexibility index (Phi) is 8.51. The SMILES string of the molecule is CCCCCCCCC=[14CH2]. The monoisotopic (exact) mass is 142 g/mol. The van der Waals surface area contributed by atoms with E-state index in [0.29, 0.717) is 0 Å². The van der Waals surface area contributed by atoms with Crippen LogP contribution < -0.4 is 0 Å². The van der Waals surface area contributed by atoms with Gasteiger partial charge in [0.15, 0.2) is 0 Å². The third-order valence-electron chi connectivity index (χ3n) is 1.76. The molecule has 0 aliphatic rings. The number of unbranched alkanes of at least 4 members (excludes halogenated alkanes) is 6. The summed E-state index contributed by atoms with van der Waals surface area (Å²) in [6, 6.07) is 0. The Labute approximate surface area is 65.3 Å². The maximum absolute atomic E-state index is 3.69. The molecule has 0 aliphatic heterocycles. The Morgan fingerprint density at radius 2 is 1.60 bits per heavy atom. The van der Waals surface area contributed by atoms with Gasteiger partial charge in [0.05, 0.1) is 0 Å². The van der Waals surface area contributed by atoms with Crippen LogP contribution in [-0.2, 0) is 0 Å². The highest BCUT2D eigenvalue weighted by Gasteiger charge is 1.86. The van der Waals surface area contributed by atoms with Crippen molar-refractivity contribution in [1.29, 1.82) is 0 Å². The summed E-state index contributed by atoms with van der Waals surface area (Å²) in [5.74, 6) is 0. The van der Waals surface area contributed by atoms with E-state index in [1.807, 2.05) is 6.08 Å². The molecule has 0 saturated carbocycles. The normalized spacial score (nSPS) is 9.70. The maximum Gasteiger partial charge on any atom is -0.0353 e. The van der Waals surface area contributed by atoms with Crippen molar-refractivity contribution in [2.75, 3.05) is 0 Å². The molecule has 0 heteroatoms. The number of hydrogen-bond acceptors (Lipinski definition) is 0. The third-order valence-corrected chi connectivity index (χ3v) is 1.76. The molecular formula is C10H20. The highest BCUT2D eigenvalue weighted by atomic mass is 14.3. The minimum absolute atomic E-state index is 1.20. The summed E-state index contributed by atoms with van der Waals surface area (Å²) in [6.45, 7) is 5.95. The van der Waals surface area contributed by atoms with Crippen LogP contribution in [0, 0.1) is 0 Å². The first-order valence-corrected chi connectivity index (χ1v) is 4.52. The first-order chi connectivity index (χ1) is 4.91. The van der Waals surface area contributed by atoms with Crippen LogP contribution in [0.1, 0.15) is 51.9 Å². The van der Waals surface area contributed by atoms with Gasteiger partial charge in [0.25, 0.3) is 0 Å². The lowest BCUT2D eigenvalue weighted by atomic mass is 10.1. The van der Waals surface area contributed by atoms with Gasteiger partial charge in [-0.15, -0.1) is 6.58 Å². The second-order valence-electron chi connectivity index (χ2n) is 2.85. The van der Waals surface area contributed by atoms with Crippen LogP contribution in [0.15, 0.2) is 12.7 Å². The minimum atomic E-state index is 1.20. The first-order valence-electron chi connectivity index (χ1n) is 4.52. The van der Waals surface area contributed by atoms with E-state index in [9.17, 15) is 0 Å². The molecule has 0 spiro atoms. The van der Waals surface area contributed by atoms with E-state index < -0.39 is 0 Å². The van der Waals surface area contributed by atoms with Crippen molar-refractivity contribution in [3.8, 4) is 0 Å². The molecule has 10 heavy (non-hydrogen) atoms. The van der Waals surface area contributed by atoms with Crippen molar-refractivity contribution < 1.29 is 0 Å². The van der Waals surface area contributed by atoms with Crippen molar-refractivity contribution in [1.82, 2.24) is 0 Å². The summed E-state index contributed by atoms with van der Waals surface area (Å²) in [5.41, 5.74) is 0. The van der Waals surface area contributed by atoms with Crippen molar-refractivity contribution in [2.24, 2.45) is 0 Å². The summed E-state index contributed by atoms with van der Waals surface area (Å²) < 4.78 is 0. The van der Waals surface area contributed by atoms with Crippen LogP contribution in [-0.4, -0.2) is 0 Å². The van der Waals surface area contributed by atoms with Crippen molar-refractivity contribution in [3.63, 3.8) is 0 Å². The van der Waals surface area contributed by atoms with Gasteiger partial charge in [0, 0.05) is 0 Å². The molecule has 0 bridgehead atoms. The Hall–Kier alpha value is -0.260. The molecule has 0 amide bonds. The molecular weight excluding hydrogens is 122 g/mol. The standard InChI is InChI=1S/C10H20/c1-3-5-7-9-10-8-6-4-2/h3H,1,4-10H2,2H3/i1+2. The smallest absolute Gasteiger partial charge is 0.0353 e. The highest BCUT2D eigenvalue weighted by molar-refractivity contribution is 4.65. The zero-order chi connectivity index (χ0) is 7.66. The number of hydrogen-bond donors (Lipinski definition) is 0. The first kappa shape index (κ1) is 9.74. The van der Waals surface area contributed by atoms with Gasteiger partial charge in [-0.05, 0) is 12.8 Å². The molecule has 0 heterocycles. The van der Waals surface area contributed by atoms with Gasteiger partial charge in [-0.1, -0.05) is 45.1 Å². The zero-order valence-electron chi connectivity index (χ0n) is 7.23. The average molecular weight is 142 g/mol. The molecule has 60 valence electrons. The van der Waals surface area contributed by atoms with Gasteiger partial charge in [0.2, 0.25) is 0 Å². The van der Waals surface area contributed by atoms with E-state index in [0.717, 1.165) is 0 Å². The van der Waals surface area contributed by atoms with Gasteiger partial charge in [-0.2, -0.15) is 0 Å². The van der Waals surface area contributed by atoms with Crippen LogP contribution in [0.5, 0.6) is 0 Å². The fourth-order valence-corrected chi connectivity index (χ4v) is 1.07. The Morgan fingerprint density at radius 1 is 1.00 bits per heavy atom. The summed E-state index contributed by atoms with van der Waals surface area (Å²) in [5, 5.41) is 0. The predicted octanol–water partition coefficient (Wildman–Crippen LogP) is 3.92. The summed E-state index contributed by atoms with van der Waals surface area (Å²) in [7, 11) is 0. The number of rotatable bonds is 7. The Morgan fingerprint density at radius 3 is 2.20 bits per heavy atom. The fraction of sp³-hybridized carbons (Fsp3) is 0.800. The lowest BCUT2D eigenvalue weighted by Gasteiger charge is -1.96. The lowest BCUT2D eigenvalue weighted by molar-refractivity contribution is 0.611. The zero-order valence-corrected chi connectivity index (χ0v) is 7.23. The van der Waals surface area contributed by atoms with Gasteiger partial charge in [-0.3, -0.25) is 0 Å². The molecule has 0 aromatic rings. The summed E-state index contributed by atoms with van der Waals surface area (Å²) in [4.78, 5) is 0. The van der Waals surface area contributed by atoms with Crippen molar-refractivity contribution >= 4 is 0 Å². The van der Waals surface area contributed by atoms with Crippen LogP contribution >= 0.6 is 0 Å². The van der Waals surface area contributed by atoms with Gasteiger partial charge in [0.1, 0.15) is 0 Å². The van der Waals surface area contributed by atoms with Crippen LogP contribution in [0.3, 0.4) is 0 Å². The highest BCUT2D eigenvalue weighted by Crippen LogP contribution is 2.06. The summed E-state index contributed by atoms with van der Waals surface area (Å²) in [6.07, 6.45) is 11.6. The molecule has 0 radical (unpaired) electrons. The topological polar surface area (TPSA) is 0 Å². The van der Waals surface area contributed by atoms with E-state index in [4.69, 9.17) is 0 Å². The average Bonchev–Trinajstić information content (AvgIpc) is 1.97. The molecule has 0 aromatic heterocycles. The van der Waals surface area contributed by atoms with E-state index >= 15 is 0 Å². The molecule has 0 saturated heterocycles. The maximum atomic E-state index is 3.69. The predicted molar refractivity (Wildman–Crippen MR) is 48.2 cm³/mol. The van der Waals surface area contributed by atoms with E-state index in [-0.39, 0.29) is 0 Å². The molecule has 0 unspecified atom stereocenters. The van der Waals surface area contributed by atoms with Crippen molar-refractivity contribution in [3.05, 3.63) is 12.7 Å². The quantitative estimate of drug-likeness (QED) is 0.373. The molecule has 0 rings (SSSR count). The molecule has 0 fully saturated rings. The Balaban J connectivity index is 2.70. The van der Waals surface area contributed by atoms with Gasteiger partial charge >= 0.3 is 0 Å². The molecule has 0 aromatic carbocycles. The Bertz CT molecular complexity index is 64.4. The molecule has 0 nitrogen and oxygen atoms in total. The minimum Gasteiger partial charge on any atom is -0.103 e.